The zero-order chi connectivity index (χ0) is 19.1. The molecule has 1 aromatic heterocycles. The summed E-state index contributed by atoms with van der Waals surface area (Å²) in [7, 11) is 1.98. The minimum Gasteiger partial charge on any atom is -0.369 e. The SMILES string of the molecule is CN(Cc1ccccc1)c1ccc(C(=O)NCCc2ccccc2F)nc1. The monoisotopic (exact) mass is 363 g/mol. The minimum absolute atomic E-state index is 0.254. The molecule has 1 N–H and O–H groups in total. The molecule has 138 valence electrons. The first kappa shape index (κ1) is 18.6. The molecule has 2 aromatic carbocycles. The molecule has 4 nitrogen and oxygen atoms in total. The fourth-order valence-corrected chi connectivity index (χ4v) is 2.80. The largest absolute Gasteiger partial charge is 0.369 e. The Morgan fingerprint density at radius 3 is 2.48 bits per heavy atom. The summed E-state index contributed by atoms with van der Waals surface area (Å²) in [4.78, 5) is 18.5. The van der Waals surface area contributed by atoms with E-state index in [-0.39, 0.29) is 11.7 Å². The number of aromatic nitrogens is 1. The molecule has 3 aromatic rings. The molecule has 27 heavy (non-hydrogen) atoms. The van der Waals surface area contributed by atoms with Gasteiger partial charge in [0.15, 0.2) is 0 Å². The third-order valence-corrected chi connectivity index (χ3v) is 4.32. The molecule has 0 atom stereocenters. The molecule has 3 rings (SSSR count). The lowest BCUT2D eigenvalue weighted by atomic mass is 10.1. The van der Waals surface area contributed by atoms with Gasteiger partial charge >= 0.3 is 0 Å². The van der Waals surface area contributed by atoms with Crippen LogP contribution in [0.2, 0.25) is 0 Å². The number of halogens is 1. The Labute approximate surface area is 158 Å². The summed E-state index contributed by atoms with van der Waals surface area (Å²) >= 11 is 0. The number of hydrogen-bond donors (Lipinski definition) is 1. The van der Waals surface area contributed by atoms with Crippen molar-refractivity contribution in [2.24, 2.45) is 0 Å². The summed E-state index contributed by atoms with van der Waals surface area (Å²) < 4.78 is 13.6. The normalized spacial score (nSPS) is 10.4. The van der Waals surface area contributed by atoms with Crippen LogP contribution >= 0.6 is 0 Å². The number of hydrogen-bond acceptors (Lipinski definition) is 3. The Morgan fingerprint density at radius 1 is 1.04 bits per heavy atom. The summed E-state index contributed by atoms with van der Waals surface area (Å²) in [5, 5.41) is 2.78. The van der Waals surface area contributed by atoms with Crippen molar-refractivity contribution in [2.45, 2.75) is 13.0 Å². The fraction of sp³-hybridized carbons (Fsp3) is 0.182. The molecule has 1 heterocycles. The van der Waals surface area contributed by atoms with Gasteiger partial charge < -0.3 is 10.2 Å². The van der Waals surface area contributed by atoms with Crippen LogP contribution in [0.25, 0.3) is 0 Å². The van der Waals surface area contributed by atoms with Gasteiger partial charge in [0.25, 0.3) is 5.91 Å². The van der Waals surface area contributed by atoms with Crippen LogP contribution in [0.1, 0.15) is 21.6 Å². The number of rotatable bonds is 7. The van der Waals surface area contributed by atoms with Crippen molar-refractivity contribution in [3.05, 3.63) is 95.6 Å². The zero-order valence-electron chi connectivity index (χ0n) is 15.2. The highest BCUT2D eigenvalue weighted by atomic mass is 19.1. The minimum atomic E-state index is -0.261. The Balaban J connectivity index is 1.53. The molecular weight excluding hydrogens is 341 g/mol. The van der Waals surface area contributed by atoms with E-state index in [0.717, 1.165) is 12.2 Å². The number of benzene rings is 2. The average Bonchev–Trinajstić information content (AvgIpc) is 2.70. The third kappa shape index (κ3) is 5.14. The van der Waals surface area contributed by atoms with Gasteiger partial charge in [-0.25, -0.2) is 9.37 Å². The maximum Gasteiger partial charge on any atom is 0.269 e. The molecule has 0 unspecified atom stereocenters. The molecule has 1 amide bonds. The van der Waals surface area contributed by atoms with Gasteiger partial charge in [-0.15, -0.1) is 0 Å². The smallest absolute Gasteiger partial charge is 0.269 e. The summed E-state index contributed by atoms with van der Waals surface area (Å²) in [5.41, 5.74) is 3.07. The molecule has 0 aliphatic rings. The lowest BCUT2D eigenvalue weighted by Gasteiger charge is -2.19. The van der Waals surface area contributed by atoms with Crippen LogP contribution in [0, 0.1) is 5.82 Å². The summed E-state index contributed by atoms with van der Waals surface area (Å²) in [6.07, 6.45) is 2.13. The Bertz CT molecular complexity index is 882. The van der Waals surface area contributed by atoms with Crippen molar-refractivity contribution < 1.29 is 9.18 Å². The van der Waals surface area contributed by atoms with Gasteiger partial charge in [0.05, 0.1) is 11.9 Å². The first-order valence-corrected chi connectivity index (χ1v) is 8.86. The molecule has 0 radical (unpaired) electrons. The van der Waals surface area contributed by atoms with Crippen LogP contribution in [0.5, 0.6) is 0 Å². The predicted molar refractivity (Wildman–Crippen MR) is 105 cm³/mol. The van der Waals surface area contributed by atoms with Crippen LogP contribution in [0.3, 0.4) is 0 Å². The molecule has 0 fully saturated rings. The maximum atomic E-state index is 13.6. The van der Waals surface area contributed by atoms with Crippen molar-refractivity contribution in [3.63, 3.8) is 0 Å². The van der Waals surface area contributed by atoms with E-state index in [1.807, 2.05) is 31.3 Å². The lowest BCUT2D eigenvalue weighted by Crippen LogP contribution is -2.27. The molecule has 5 heteroatoms. The molecule has 0 spiro atoms. The lowest BCUT2D eigenvalue weighted by molar-refractivity contribution is 0.0949. The van der Waals surface area contributed by atoms with Gasteiger partial charge in [0.1, 0.15) is 11.5 Å². The van der Waals surface area contributed by atoms with Crippen molar-refractivity contribution in [1.29, 1.82) is 0 Å². The highest BCUT2D eigenvalue weighted by Gasteiger charge is 2.09. The first-order valence-electron chi connectivity index (χ1n) is 8.86. The van der Waals surface area contributed by atoms with Gasteiger partial charge in [-0.1, -0.05) is 48.5 Å². The topological polar surface area (TPSA) is 45.2 Å². The number of amides is 1. The standard InChI is InChI=1S/C22H22FN3O/c1-26(16-17-7-3-2-4-8-17)19-11-12-21(25-15-19)22(27)24-14-13-18-9-5-6-10-20(18)23/h2-12,15H,13-14,16H2,1H3,(H,24,27). The highest BCUT2D eigenvalue weighted by molar-refractivity contribution is 5.92. The van der Waals surface area contributed by atoms with E-state index in [0.29, 0.717) is 24.2 Å². The third-order valence-electron chi connectivity index (χ3n) is 4.32. The Morgan fingerprint density at radius 2 is 1.78 bits per heavy atom. The van der Waals surface area contributed by atoms with E-state index in [1.165, 1.54) is 11.6 Å². The fourth-order valence-electron chi connectivity index (χ4n) is 2.80. The predicted octanol–water partition coefficient (Wildman–Crippen LogP) is 3.83. The van der Waals surface area contributed by atoms with Crippen LogP contribution in [0.15, 0.2) is 72.9 Å². The molecular formula is C22H22FN3O. The van der Waals surface area contributed by atoms with E-state index in [2.05, 4.69) is 27.3 Å². The van der Waals surface area contributed by atoms with Crippen LogP contribution in [0.4, 0.5) is 10.1 Å². The number of nitrogens with one attached hydrogen (secondary N) is 1. The van der Waals surface area contributed by atoms with Gasteiger partial charge in [-0.2, -0.15) is 0 Å². The van der Waals surface area contributed by atoms with Crippen molar-refractivity contribution in [3.8, 4) is 0 Å². The average molecular weight is 363 g/mol. The highest BCUT2D eigenvalue weighted by Crippen LogP contribution is 2.14. The van der Waals surface area contributed by atoms with Crippen molar-refractivity contribution in [1.82, 2.24) is 10.3 Å². The van der Waals surface area contributed by atoms with Gasteiger partial charge in [-0.05, 0) is 35.7 Å². The second-order valence-corrected chi connectivity index (χ2v) is 6.34. The number of pyridine rings is 1. The summed E-state index contributed by atoms with van der Waals surface area (Å²) in [5.74, 6) is -0.515. The number of carbonyl (C=O) groups is 1. The van der Waals surface area contributed by atoms with Crippen LogP contribution in [-0.4, -0.2) is 24.5 Å². The molecule has 0 bridgehead atoms. The number of anilines is 1. The molecule has 0 aliphatic heterocycles. The van der Waals surface area contributed by atoms with E-state index in [1.54, 1.807) is 30.5 Å². The van der Waals surface area contributed by atoms with Gasteiger partial charge in [-0.3, -0.25) is 4.79 Å². The van der Waals surface area contributed by atoms with Gasteiger partial charge in [0.2, 0.25) is 0 Å². The van der Waals surface area contributed by atoms with Crippen molar-refractivity contribution >= 4 is 11.6 Å². The quantitative estimate of drug-likeness (QED) is 0.694. The second kappa shape index (κ2) is 8.94. The van der Waals surface area contributed by atoms with E-state index < -0.39 is 0 Å². The number of nitrogens with zero attached hydrogens (tertiary/aromatic N) is 2. The molecule has 0 aliphatic carbocycles. The summed E-state index contributed by atoms with van der Waals surface area (Å²) in [6.45, 7) is 1.12. The summed E-state index contributed by atoms with van der Waals surface area (Å²) in [6, 6.07) is 20.3. The van der Waals surface area contributed by atoms with E-state index in [4.69, 9.17) is 0 Å². The van der Waals surface area contributed by atoms with E-state index >= 15 is 0 Å². The maximum absolute atomic E-state index is 13.6. The number of carbonyl (C=O) groups excluding carboxylic acids is 1. The Hall–Kier alpha value is -3.21. The zero-order valence-corrected chi connectivity index (χ0v) is 15.2. The first-order chi connectivity index (χ1) is 13.1. The van der Waals surface area contributed by atoms with E-state index in [9.17, 15) is 9.18 Å². The molecule has 0 saturated carbocycles. The Kier molecular flexibility index (Phi) is 6.15. The van der Waals surface area contributed by atoms with Gasteiger partial charge in [0, 0.05) is 20.1 Å². The van der Waals surface area contributed by atoms with Crippen molar-refractivity contribution in [2.75, 3.05) is 18.5 Å². The van der Waals surface area contributed by atoms with Crippen LogP contribution in [-0.2, 0) is 13.0 Å². The molecule has 0 saturated heterocycles. The van der Waals surface area contributed by atoms with Crippen LogP contribution < -0.4 is 10.2 Å². The second-order valence-electron chi connectivity index (χ2n) is 6.34.